The van der Waals surface area contributed by atoms with Crippen LogP contribution in [0.4, 0.5) is 0 Å². The second-order valence-electron chi connectivity index (χ2n) is 2.88. The van der Waals surface area contributed by atoms with Crippen molar-refractivity contribution in [3.05, 3.63) is 0 Å². The van der Waals surface area contributed by atoms with Gasteiger partial charge in [0, 0.05) is 5.41 Å². The van der Waals surface area contributed by atoms with Crippen LogP contribution in [0.15, 0.2) is 0 Å². The molecule has 0 amide bonds. The van der Waals surface area contributed by atoms with Crippen molar-refractivity contribution < 1.29 is 4.84 Å². The zero-order chi connectivity index (χ0) is 8.91. The Balaban J connectivity index is 4.26. The first-order chi connectivity index (χ1) is 5.16. The largest absolute Gasteiger partial charge is 0.289 e. The molecule has 0 saturated heterocycles. The van der Waals surface area contributed by atoms with E-state index in [9.17, 15) is 0 Å². The third-order valence-corrected chi connectivity index (χ3v) is 3.90. The number of hydrogen-bond donors (Lipinski definition) is 1. The lowest BCUT2D eigenvalue weighted by Crippen LogP contribution is -2.33. The van der Waals surface area contributed by atoms with Gasteiger partial charge in [-0.25, -0.2) is 5.90 Å². The zero-order valence-electron chi connectivity index (χ0n) is 7.56. The Bertz CT molecular complexity index is 96.0. The van der Waals surface area contributed by atoms with Gasteiger partial charge in [0.1, 0.15) is 5.01 Å². The van der Waals surface area contributed by atoms with Gasteiger partial charge in [-0.05, 0) is 19.3 Å². The molecule has 1 unspecified atom stereocenters. The van der Waals surface area contributed by atoms with Gasteiger partial charge in [0.15, 0.2) is 0 Å². The highest BCUT2D eigenvalue weighted by molar-refractivity contribution is 9.09. The highest BCUT2D eigenvalue weighted by atomic mass is 79.9. The summed E-state index contributed by atoms with van der Waals surface area (Å²) in [6.07, 6.45) is 3.27. The van der Waals surface area contributed by atoms with Crippen molar-refractivity contribution in [2.24, 2.45) is 11.3 Å². The summed E-state index contributed by atoms with van der Waals surface area (Å²) in [7, 11) is 0. The van der Waals surface area contributed by atoms with Gasteiger partial charge in [0.25, 0.3) is 0 Å². The van der Waals surface area contributed by atoms with E-state index in [1.54, 1.807) is 0 Å². The maximum Gasteiger partial charge on any atom is 0.139 e. The molecule has 0 spiro atoms. The number of nitrogens with two attached hydrogens (primary N) is 1. The fourth-order valence-corrected chi connectivity index (χ4v) is 2.35. The van der Waals surface area contributed by atoms with E-state index in [4.69, 9.17) is 10.7 Å². The van der Waals surface area contributed by atoms with Gasteiger partial charge in [0.05, 0.1) is 0 Å². The first-order valence-electron chi connectivity index (χ1n) is 4.16. The van der Waals surface area contributed by atoms with E-state index in [2.05, 4.69) is 36.7 Å². The lowest BCUT2D eigenvalue weighted by atomic mass is 9.81. The molecule has 2 nitrogen and oxygen atoms in total. The Kier molecular flexibility index (Phi) is 5.30. The molecule has 0 aliphatic carbocycles. The third-order valence-electron chi connectivity index (χ3n) is 2.71. The summed E-state index contributed by atoms with van der Waals surface area (Å²) in [4.78, 5) is 4.80. The Hall–Kier alpha value is 0.400. The molecule has 0 aromatic carbocycles. The average molecular weight is 224 g/mol. The van der Waals surface area contributed by atoms with Crippen LogP contribution in [-0.4, -0.2) is 5.01 Å². The van der Waals surface area contributed by atoms with E-state index >= 15 is 0 Å². The van der Waals surface area contributed by atoms with Crippen molar-refractivity contribution >= 4 is 15.9 Å². The Morgan fingerprint density at radius 2 is 1.64 bits per heavy atom. The lowest BCUT2D eigenvalue weighted by molar-refractivity contribution is 0.0131. The Morgan fingerprint density at radius 3 is 1.73 bits per heavy atom. The van der Waals surface area contributed by atoms with Gasteiger partial charge in [0.2, 0.25) is 0 Å². The van der Waals surface area contributed by atoms with Crippen LogP contribution in [0.3, 0.4) is 0 Å². The first kappa shape index (κ1) is 11.4. The van der Waals surface area contributed by atoms with Gasteiger partial charge in [-0.2, -0.15) is 0 Å². The predicted octanol–water partition coefficient (Wildman–Crippen LogP) is 2.81. The fourth-order valence-electron chi connectivity index (χ4n) is 1.38. The molecule has 1 atom stereocenters. The molecule has 2 N–H and O–H groups in total. The molecule has 11 heavy (non-hydrogen) atoms. The van der Waals surface area contributed by atoms with E-state index in [1.165, 1.54) is 0 Å². The van der Waals surface area contributed by atoms with Crippen molar-refractivity contribution in [3.63, 3.8) is 0 Å². The van der Waals surface area contributed by atoms with E-state index in [1.807, 2.05) is 0 Å². The Morgan fingerprint density at radius 1 is 1.27 bits per heavy atom. The van der Waals surface area contributed by atoms with Crippen LogP contribution in [0.25, 0.3) is 0 Å². The first-order valence-corrected chi connectivity index (χ1v) is 5.08. The van der Waals surface area contributed by atoms with Gasteiger partial charge < -0.3 is 0 Å². The zero-order valence-corrected chi connectivity index (χ0v) is 9.15. The maximum atomic E-state index is 5.14. The molecule has 0 radical (unpaired) electrons. The van der Waals surface area contributed by atoms with Gasteiger partial charge in [-0.3, -0.25) is 4.84 Å². The Labute approximate surface area is 77.6 Å². The molecule has 3 heteroatoms. The van der Waals surface area contributed by atoms with Crippen LogP contribution in [0.2, 0.25) is 0 Å². The van der Waals surface area contributed by atoms with Crippen molar-refractivity contribution in [1.82, 2.24) is 0 Å². The topological polar surface area (TPSA) is 35.2 Å². The molecule has 0 heterocycles. The van der Waals surface area contributed by atoms with Crippen molar-refractivity contribution in [2.75, 3.05) is 0 Å². The van der Waals surface area contributed by atoms with E-state index in [0.717, 1.165) is 19.3 Å². The second kappa shape index (κ2) is 5.12. The van der Waals surface area contributed by atoms with Crippen LogP contribution in [0, 0.1) is 5.41 Å². The number of hydrogen-bond acceptors (Lipinski definition) is 2. The molecular weight excluding hydrogens is 206 g/mol. The van der Waals surface area contributed by atoms with Crippen LogP contribution < -0.4 is 5.90 Å². The fraction of sp³-hybridized carbons (Fsp3) is 1.00. The van der Waals surface area contributed by atoms with Crippen LogP contribution in [0.1, 0.15) is 40.0 Å². The average Bonchev–Trinajstić information content (AvgIpc) is 2.08. The summed E-state index contributed by atoms with van der Waals surface area (Å²) in [5, 5.41) is -0.0185. The molecule has 0 rings (SSSR count). The molecule has 0 aliphatic rings. The third kappa shape index (κ3) is 2.42. The summed E-state index contributed by atoms with van der Waals surface area (Å²) in [6.45, 7) is 6.50. The highest BCUT2D eigenvalue weighted by Gasteiger charge is 2.32. The molecule has 0 aromatic rings. The molecule has 0 saturated carbocycles. The number of halogens is 1. The molecule has 0 aromatic heterocycles. The van der Waals surface area contributed by atoms with Crippen LogP contribution >= 0.6 is 15.9 Å². The minimum Gasteiger partial charge on any atom is -0.289 e. The molecule has 0 bridgehead atoms. The predicted molar refractivity (Wildman–Crippen MR) is 51.3 cm³/mol. The SMILES string of the molecule is CCC(CC)(CC)C(Br)ON. The standard InChI is InChI=1S/C8H18BrNO/c1-4-8(5-2,6-3)7(9)11-10/h7H,4-6,10H2,1-3H3. The van der Waals surface area contributed by atoms with Crippen LogP contribution in [0.5, 0.6) is 0 Å². The normalized spacial score (nSPS) is 15.0. The smallest absolute Gasteiger partial charge is 0.139 e. The van der Waals surface area contributed by atoms with E-state index in [-0.39, 0.29) is 10.4 Å². The summed E-state index contributed by atoms with van der Waals surface area (Å²) in [5.41, 5.74) is 0.203. The summed E-state index contributed by atoms with van der Waals surface area (Å²) in [5.74, 6) is 5.14. The monoisotopic (exact) mass is 223 g/mol. The second-order valence-corrected chi connectivity index (χ2v) is 3.71. The molecular formula is C8H18BrNO. The van der Waals surface area contributed by atoms with Gasteiger partial charge in [-0.1, -0.05) is 36.7 Å². The molecule has 0 fully saturated rings. The van der Waals surface area contributed by atoms with Gasteiger partial charge >= 0.3 is 0 Å². The lowest BCUT2D eigenvalue weighted by Gasteiger charge is -2.33. The minimum absolute atomic E-state index is 0.0185. The van der Waals surface area contributed by atoms with Gasteiger partial charge in [-0.15, -0.1) is 0 Å². The summed E-state index contributed by atoms with van der Waals surface area (Å²) >= 11 is 3.43. The van der Waals surface area contributed by atoms with Crippen molar-refractivity contribution in [1.29, 1.82) is 0 Å². The quantitative estimate of drug-likeness (QED) is 0.575. The van der Waals surface area contributed by atoms with Crippen molar-refractivity contribution in [2.45, 2.75) is 45.0 Å². The minimum atomic E-state index is -0.0185. The molecule has 68 valence electrons. The summed E-state index contributed by atoms with van der Waals surface area (Å²) < 4.78 is 0. The number of alkyl halides is 1. The van der Waals surface area contributed by atoms with E-state index < -0.39 is 0 Å². The van der Waals surface area contributed by atoms with Crippen molar-refractivity contribution in [3.8, 4) is 0 Å². The molecule has 0 aliphatic heterocycles. The van der Waals surface area contributed by atoms with Crippen LogP contribution in [-0.2, 0) is 4.84 Å². The summed E-state index contributed by atoms with van der Waals surface area (Å²) in [6, 6.07) is 0. The number of rotatable bonds is 5. The van der Waals surface area contributed by atoms with E-state index in [0.29, 0.717) is 0 Å². The maximum absolute atomic E-state index is 5.14. The highest BCUT2D eigenvalue weighted by Crippen LogP contribution is 2.38.